The van der Waals surface area contributed by atoms with Gasteiger partial charge in [-0.2, -0.15) is 0 Å². The predicted octanol–water partition coefficient (Wildman–Crippen LogP) is 3.19. The lowest BCUT2D eigenvalue weighted by molar-refractivity contribution is -0.124. The number of carbonyl (C=O) groups is 1. The van der Waals surface area contributed by atoms with E-state index in [0.717, 1.165) is 17.0 Å². The predicted molar refractivity (Wildman–Crippen MR) is 85.7 cm³/mol. The van der Waals surface area contributed by atoms with Crippen LogP contribution in [-0.2, 0) is 11.2 Å². The summed E-state index contributed by atoms with van der Waals surface area (Å²) >= 11 is 10.1. The van der Waals surface area contributed by atoms with Gasteiger partial charge >= 0.3 is 0 Å². The Kier molecular flexibility index (Phi) is 9.74. The molecule has 0 aliphatic carbocycles. The van der Waals surface area contributed by atoms with E-state index in [4.69, 9.17) is 11.6 Å². The van der Waals surface area contributed by atoms with Crippen LogP contribution < -0.4 is 5.32 Å². The molecule has 1 unspecified atom stereocenters. The molecule has 0 aromatic heterocycles. The minimum absolute atomic E-state index is 0.0236. The van der Waals surface area contributed by atoms with Gasteiger partial charge in [-0.1, -0.05) is 50.4 Å². The normalized spacial score (nSPS) is 11.5. The lowest BCUT2D eigenvalue weighted by Gasteiger charge is -2.21. The number of nitrogens with one attached hydrogen (secondary N) is 1. The van der Waals surface area contributed by atoms with Crippen molar-refractivity contribution in [3.63, 3.8) is 0 Å². The number of thiol groups is 1. The van der Waals surface area contributed by atoms with Crippen LogP contribution in [0.15, 0.2) is 24.3 Å². The summed E-state index contributed by atoms with van der Waals surface area (Å²) < 4.78 is 1.63. The highest BCUT2D eigenvalue weighted by Gasteiger charge is 2.19. The summed E-state index contributed by atoms with van der Waals surface area (Å²) in [6, 6.07) is 7.44. The zero-order valence-corrected chi connectivity index (χ0v) is 13.6. The monoisotopic (exact) mass is 302 g/mol. The molecule has 0 radical (unpaired) electrons. The Labute approximate surface area is 126 Å². The number of halogens is 1. The van der Waals surface area contributed by atoms with Crippen LogP contribution in [0.3, 0.4) is 0 Å². The van der Waals surface area contributed by atoms with Gasteiger partial charge in [-0.15, -0.1) is 0 Å². The first kappa shape index (κ1) is 18.3. The summed E-state index contributed by atoms with van der Waals surface area (Å²) in [5, 5.41) is 3.36. The van der Waals surface area contributed by atoms with Gasteiger partial charge in [0.2, 0.25) is 5.91 Å². The van der Waals surface area contributed by atoms with Crippen LogP contribution in [0.25, 0.3) is 0 Å². The molecule has 3 nitrogen and oxygen atoms in total. The number of aryl methyl sites for hydroxylation is 1. The van der Waals surface area contributed by atoms with Crippen molar-refractivity contribution in [3.05, 3.63) is 34.9 Å². The Bertz CT molecular complexity index is 385. The lowest BCUT2D eigenvalue weighted by Crippen LogP contribution is -2.40. The molecule has 1 rings (SSSR count). The minimum atomic E-state index is -0.234. The molecule has 19 heavy (non-hydrogen) atoms. The van der Waals surface area contributed by atoms with E-state index >= 15 is 0 Å². The molecule has 0 aliphatic rings. The molecule has 0 heterocycles. The third kappa shape index (κ3) is 6.85. The Balaban J connectivity index is 0.00000154. The highest BCUT2D eigenvalue weighted by atomic mass is 35.5. The molecule has 1 aromatic carbocycles. The fourth-order valence-electron chi connectivity index (χ4n) is 1.65. The molecule has 1 amide bonds. The Hall–Kier alpha value is -0.710. The van der Waals surface area contributed by atoms with E-state index in [2.05, 4.69) is 18.1 Å². The maximum absolute atomic E-state index is 11.6. The van der Waals surface area contributed by atoms with E-state index in [0.29, 0.717) is 6.42 Å². The lowest BCUT2D eigenvalue weighted by atomic mass is 10.0. The first-order valence-electron chi connectivity index (χ1n) is 6.42. The van der Waals surface area contributed by atoms with Crippen molar-refractivity contribution in [2.45, 2.75) is 32.7 Å². The molecule has 0 fully saturated rings. The van der Waals surface area contributed by atoms with Crippen molar-refractivity contribution >= 4 is 30.3 Å². The smallest absolute Gasteiger partial charge is 0.238 e. The van der Waals surface area contributed by atoms with E-state index in [9.17, 15) is 4.79 Å². The fourth-order valence-corrected chi connectivity index (χ4v) is 2.08. The van der Waals surface area contributed by atoms with Gasteiger partial charge in [0.1, 0.15) is 0 Å². The zero-order chi connectivity index (χ0) is 14.8. The summed E-state index contributed by atoms with van der Waals surface area (Å²) in [5.74, 6) is -0.0236. The van der Waals surface area contributed by atoms with E-state index in [1.54, 1.807) is 18.4 Å². The van der Waals surface area contributed by atoms with Gasteiger partial charge in [-0.25, -0.2) is 4.31 Å². The quantitative estimate of drug-likeness (QED) is 0.819. The van der Waals surface area contributed by atoms with Gasteiger partial charge in [-0.3, -0.25) is 4.79 Å². The summed E-state index contributed by atoms with van der Waals surface area (Å²) in [5.41, 5.74) is 1.13. The van der Waals surface area contributed by atoms with Gasteiger partial charge in [-0.05, 0) is 37.6 Å². The summed E-state index contributed by atoms with van der Waals surface area (Å²) in [6.45, 7) is 4.00. The number of hydrogen-bond acceptors (Lipinski definition) is 3. The summed E-state index contributed by atoms with van der Waals surface area (Å²) in [7, 11) is 3.41. The molecule has 0 bridgehead atoms. The van der Waals surface area contributed by atoms with Crippen molar-refractivity contribution < 1.29 is 4.79 Å². The second kappa shape index (κ2) is 10.1. The second-order valence-corrected chi connectivity index (χ2v) is 4.94. The van der Waals surface area contributed by atoms with Crippen LogP contribution in [-0.4, -0.2) is 30.3 Å². The third-order valence-corrected chi connectivity index (χ3v) is 3.11. The number of nitrogens with zero attached hydrogens (tertiary/aromatic N) is 1. The average molecular weight is 303 g/mol. The van der Waals surface area contributed by atoms with Crippen LogP contribution in [0.4, 0.5) is 0 Å². The average Bonchev–Trinajstić information content (AvgIpc) is 2.40. The zero-order valence-electron chi connectivity index (χ0n) is 12.0. The Morgan fingerprint density at radius 1 is 1.47 bits per heavy atom. The standard InChI is InChI=1S/C12H17ClN2OS.C2H6/c1-14-12(16)11(15(2)17)7-6-9-4-3-5-10(13)8-9;1-2/h3-5,8,11,17H,6-7H2,1-2H3,(H,14,16);1-2H3. The molecule has 108 valence electrons. The first-order chi connectivity index (χ1) is 9.04. The molecule has 5 heteroatoms. The SMILES string of the molecule is CC.CNC(=O)C(CCc1cccc(Cl)c1)N(C)S. The topological polar surface area (TPSA) is 32.3 Å². The Morgan fingerprint density at radius 2 is 2.11 bits per heavy atom. The van der Waals surface area contributed by atoms with Crippen molar-refractivity contribution in [1.82, 2.24) is 9.62 Å². The van der Waals surface area contributed by atoms with Crippen molar-refractivity contribution in [2.75, 3.05) is 14.1 Å². The molecule has 0 saturated heterocycles. The van der Waals surface area contributed by atoms with Crippen LogP contribution in [0, 0.1) is 0 Å². The van der Waals surface area contributed by atoms with Gasteiger partial charge in [0.15, 0.2) is 0 Å². The van der Waals surface area contributed by atoms with Crippen LogP contribution in [0.1, 0.15) is 25.8 Å². The highest BCUT2D eigenvalue weighted by Crippen LogP contribution is 2.15. The Morgan fingerprint density at radius 3 is 2.58 bits per heavy atom. The molecule has 0 spiro atoms. The van der Waals surface area contributed by atoms with Gasteiger partial charge in [0.05, 0.1) is 6.04 Å². The molecular formula is C14H23ClN2OS. The number of likely N-dealkylation sites (N-methyl/N-ethyl adjacent to an activating group) is 2. The van der Waals surface area contributed by atoms with Crippen LogP contribution in [0.5, 0.6) is 0 Å². The fraction of sp³-hybridized carbons (Fsp3) is 0.500. The second-order valence-electron chi connectivity index (χ2n) is 3.87. The van der Waals surface area contributed by atoms with Gasteiger partial charge in [0.25, 0.3) is 0 Å². The van der Waals surface area contributed by atoms with Gasteiger partial charge in [0, 0.05) is 12.1 Å². The molecule has 1 aromatic rings. The number of hydrogen-bond donors (Lipinski definition) is 2. The van der Waals surface area contributed by atoms with E-state index in [1.807, 2.05) is 38.1 Å². The first-order valence-corrected chi connectivity index (χ1v) is 7.20. The number of rotatable bonds is 5. The van der Waals surface area contributed by atoms with Crippen molar-refractivity contribution in [2.24, 2.45) is 0 Å². The molecule has 1 N–H and O–H groups in total. The number of benzene rings is 1. The van der Waals surface area contributed by atoms with Crippen LogP contribution >= 0.6 is 24.4 Å². The van der Waals surface area contributed by atoms with E-state index in [-0.39, 0.29) is 11.9 Å². The summed E-state index contributed by atoms with van der Waals surface area (Å²) in [6.07, 6.45) is 1.50. The molecule has 1 atom stereocenters. The minimum Gasteiger partial charge on any atom is -0.358 e. The van der Waals surface area contributed by atoms with E-state index < -0.39 is 0 Å². The van der Waals surface area contributed by atoms with E-state index in [1.165, 1.54) is 0 Å². The maximum Gasteiger partial charge on any atom is 0.238 e. The van der Waals surface area contributed by atoms with Crippen LogP contribution in [0.2, 0.25) is 5.02 Å². The largest absolute Gasteiger partial charge is 0.358 e. The number of amides is 1. The maximum atomic E-state index is 11.6. The highest BCUT2D eigenvalue weighted by molar-refractivity contribution is 7.77. The van der Waals surface area contributed by atoms with Gasteiger partial charge < -0.3 is 5.32 Å². The van der Waals surface area contributed by atoms with Crippen molar-refractivity contribution in [3.8, 4) is 0 Å². The molecule has 0 aliphatic heterocycles. The third-order valence-electron chi connectivity index (χ3n) is 2.60. The molecule has 0 saturated carbocycles. The van der Waals surface area contributed by atoms with Crippen molar-refractivity contribution in [1.29, 1.82) is 0 Å². The summed E-state index contributed by atoms with van der Waals surface area (Å²) in [4.78, 5) is 11.6. The molecular weight excluding hydrogens is 280 g/mol. The number of carbonyl (C=O) groups excluding carboxylic acids is 1.